The van der Waals surface area contributed by atoms with Crippen LogP contribution in [0.1, 0.15) is 11.5 Å². The molecule has 0 fully saturated rings. The number of carbonyl (C=O) groups is 1. The highest BCUT2D eigenvalue weighted by Gasteiger charge is 2.13. The van der Waals surface area contributed by atoms with Gasteiger partial charge in [-0.05, 0) is 29.8 Å². The van der Waals surface area contributed by atoms with Crippen LogP contribution < -0.4 is 4.74 Å². The Morgan fingerprint density at radius 3 is 2.81 bits per heavy atom. The van der Waals surface area contributed by atoms with Gasteiger partial charge in [0.2, 0.25) is 5.82 Å². The molecular formula is C18H14Cl2N2O4. The van der Waals surface area contributed by atoms with Gasteiger partial charge >= 0.3 is 5.97 Å². The molecule has 8 heteroatoms. The maximum atomic E-state index is 12.0. The summed E-state index contributed by atoms with van der Waals surface area (Å²) in [5, 5.41) is 4.79. The Morgan fingerprint density at radius 2 is 2.04 bits per heavy atom. The van der Waals surface area contributed by atoms with Crippen molar-refractivity contribution in [2.75, 3.05) is 7.11 Å². The molecule has 0 saturated carbocycles. The van der Waals surface area contributed by atoms with E-state index in [1.54, 1.807) is 31.4 Å². The number of ether oxygens (including phenoxy) is 2. The lowest BCUT2D eigenvalue weighted by Crippen LogP contribution is -2.08. The molecule has 1 heterocycles. The van der Waals surface area contributed by atoms with Crippen LogP contribution in [0.25, 0.3) is 11.4 Å². The van der Waals surface area contributed by atoms with E-state index in [2.05, 4.69) is 10.1 Å². The summed E-state index contributed by atoms with van der Waals surface area (Å²) in [6, 6.07) is 12.2. The second-order valence-electron chi connectivity index (χ2n) is 5.32. The minimum atomic E-state index is -0.463. The standard InChI is InChI=1S/C18H14Cl2N2O4/c1-24-14-4-2-3-12(7-14)18-21-16(26-22-18)10-25-17(23)8-11-5-6-13(19)9-15(11)20/h2-7,9H,8,10H2,1H3. The van der Waals surface area contributed by atoms with Gasteiger partial charge in [0.15, 0.2) is 6.61 Å². The second kappa shape index (κ2) is 8.21. The Bertz CT molecular complexity index is 927. The molecule has 6 nitrogen and oxygen atoms in total. The van der Waals surface area contributed by atoms with Gasteiger partial charge < -0.3 is 14.0 Å². The molecule has 0 saturated heterocycles. The Kier molecular flexibility index (Phi) is 5.75. The first-order valence-corrected chi connectivity index (χ1v) is 8.37. The molecule has 134 valence electrons. The summed E-state index contributed by atoms with van der Waals surface area (Å²) in [5.74, 6) is 0.796. The van der Waals surface area contributed by atoms with Crippen molar-refractivity contribution in [1.29, 1.82) is 0 Å². The van der Waals surface area contributed by atoms with Gasteiger partial charge in [0.25, 0.3) is 5.89 Å². The van der Waals surface area contributed by atoms with Crippen molar-refractivity contribution < 1.29 is 18.8 Å². The number of hydrogen-bond acceptors (Lipinski definition) is 6. The molecule has 0 N–H and O–H groups in total. The number of methoxy groups -OCH3 is 1. The molecular weight excluding hydrogens is 379 g/mol. The zero-order valence-corrected chi connectivity index (χ0v) is 15.3. The van der Waals surface area contributed by atoms with E-state index in [0.29, 0.717) is 27.2 Å². The maximum Gasteiger partial charge on any atom is 0.310 e. The Hall–Kier alpha value is -2.57. The van der Waals surface area contributed by atoms with Crippen molar-refractivity contribution in [3.8, 4) is 17.1 Å². The largest absolute Gasteiger partial charge is 0.497 e. The number of carbonyl (C=O) groups excluding carboxylic acids is 1. The smallest absolute Gasteiger partial charge is 0.310 e. The normalized spacial score (nSPS) is 10.6. The zero-order chi connectivity index (χ0) is 18.5. The summed E-state index contributed by atoms with van der Waals surface area (Å²) in [5.41, 5.74) is 1.36. The van der Waals surface area contributed by atoms with Gasteiger partial charge in [-0.15, -0.1) is 0 Å². The molecule has 0 radical (unpaired) electrons. The molecule has 2 aromatic carbocycles. The number of esters is 1. The van der Waals surface area contributed by atoms with Gasteiger partial charge in [-0.1, -0.05) is 46.6 Å². The second-order valence-corrected chi connectivity index (χ2v) is 6.16. The number of halogens is 2. The third-order valence-corrected chi connectivity index (χ3v) is 4.09. The first kappa shape index (κ1) is 18.2. The van der Waals surface area contributed by atoms with Gasteiger partial charge in [0.1, 0.15) is 5.75 Å². The third kappa shape index (κ3) is 4.53. The first-order chi connectivity index (χ1) is 12.5. The SMILES string of the molecule is COc1cccc(-c2noc(COC(=O)Cc3ccc(Cl)cc3Cl)n2)c1. The van der Waals surface area contributed by atoms with Crippen molar-refractivity contribution in [2.45, 2.75) is 13.0 Å². The fourth-order valence-electron chi connectivity index (χ4n) is 2.21. The first-order valence-electron chi connectivity index (χ1n) is 7.61. The van der Waals surface area contributed by atoms with E-state index < -0.39 is 5.97 Å². The lowest BCUT2D eigenvalue weighted by molar-refractivity contribution is -0.144. The monoisotopic (exact) mass is 392 g/mol. The van der Waals surface area contributed by atoms with E-state index >= 15 is 0 Å². The quantitative estimate of drug-likeness (QED) is 0.580. The Balaban J connectivity index is 1.60. The fourth-order valence-corrected chi connectivity index (χ4v) is 2.68. The minimum absolute atomic E-state index is 0.0207. The van der Waals surface area contributed by atoms with E-state index in [0.717, 1.165) is 5.56 Å². The number of rotatable bonds is 6. The van der Waals surface area contributed by atoms with Crippen molar-refractivity contribution in [3.05, 3.63) is 64.0 Å². The summed E-state index contributed by atoms with van der Waals surface area (Å²) in [4.78, 5) is 16.2. The minimum Gasteiger partial charge on any atom is -0.497 e. The van der Waals surface area contributed by atoms with Crippen LogP contribution in [0.2, 0.25) is 10.0 Å². The van der Waals surface area contributed by atoms with Crippen LogP contribution in [0, 0.1) is 0 Å². The van der Waals surface area contributed by atoms with Crippen LogP contribution in [0.15, 0.2) is 47.0 Å². The highest BCUT2D eigenvalue weighted by Crippen LogP contribution is 2.23. The van der Waals surface area contributed by atoms with Crippen molar-refractivity contribution in [1.82, 2.24) is 10.1 Å². The number of benzene rings is 2. The Morgan fingerprint density at radius 1 is 1.19 bits per heavy atom. The third-order valence-electron chi connectivity index (χ3n) is 3.50. The summed E-state index contributed by atoms with van der Waals surface area (Å²) >= 11 is 11.9. The number of hydrogen-bond donors (Lipinski definition) is 0. The van der Waals surface area contributed by atoms with E-state index in [1.165, 1.54) is 0 Å². The van der Waals surface area contributed by atoms with Gasteiger partial charge in [-0.2, -0.15) is 4.98 Å². The highest BCUT2D eigenvalue weighted by atomic mass is 35.5. The molecule has 26 heavy (non-hydrogen) atoms. The molecule has 0 spiro atoms. The van der Waals surface area contributed by atoms with Crippen molar-refractivity contribution in [2.24, 2.45) is 0 Å². The summed E-state index contributed by atoms with van der Waals surface area (Å²) in [7, 11) is 1.58. The molecule has 0 unspecified atom stereocenters. The summed E-state index contributed by atoms with van der Waals surface area (Å²) < 4.78 is 15.4. The van der Waals surface area contributed by atoms with Crippen LogP contribution in [-0.2, 0) is 22.6 Å². The van der Waals surface area contributed by atoms with Gasteiger partial charge in [0, 0.05) is 15.6 Å². The molecule has 0 amide bonds. The fraction of sp³-hybridized carbons (Fsp3) is 0.167. The van der Waals surface area contributed by atoms with Crippen LogP contribution in [0.5, 0.6) is 5.75 Å². The molecule has 3 rings (SSSR count). The molecule has 0 atom stereocenters. The lowest BCUT2D eigenvalue weighted by Gasteiger charge is -2.04. The highest BCUT2D eigenvalue weighted by molar-refractivity contribution is 6.35. The van der Waals surface area contributed by atoms with Gasteiger partial charge in [0.05, 0.1) is 13.5 Å². The average molecular weight is 393 g/mol. The molecule has 0 aliphatic rings. The maximum absolute atomic E-state index is 12.0. The molecule has 0 bridgehead atoms. The van der Waals surface area contributed by atoms with Crippen LogP contribution >= 0.6 is 23.2 Å². The van der Waals surface area contributed by atoms with Gasteiger partial charge in [-0.25, -0.2) is 0 Å². The van der Waals surface area contributed by atoms with Crippen LogP contribution in [0.3, 0.4) is 0 Å². The van der Waals surface area contributed by atoms with Gasteiger partial charge in [-0.3, -0.25) is 4.79 Å². The number of nitrogens with zero attached hydrogens (tertiary/aromatic N) is 2. The lowest BCUT2D eigenvalue weighted by atomic mass is 10.1. The predicted octanol–water partition coefficient (Wildman–Crippen LogP) is 4.34. The molecule has 1 aromatic heterocycles. The van der Waals surface area contributed by atoms with Crippen molar-refractivity contribution in [3.63, 3.8) is 0 Å². The topological polar surface area (TPSA) is 74.5 Å². The Labute approximate surface area is 159 Å². The van der Waals surface area contributed by atoms with E-state index in [-0.39, 0.29) is 18.9 Å². The zero-order valence-electron chi connectivity index (χ0n) is 13.7. The van der Waals surface area contributed by atoms with E-state index in [4.69, 9.17) is 37.2 Å². The predicted molar refractivity (Wildman–Crippen MR) is 96.2 cm³/mol. The van der Waals surface area contributed by atoms with E-state index in [1.807, 2.05) is 18.2 Å². The molecule has 0 aliphatic heterocycles. The molecule has 0 aliphatic carbocycles. The summed E-state index contributed by atoms with van der Waals surface area (Å²) in [6.07, 6.45) is 0.0207. The average Bonchev–Trinajstić information content (AvgIpc) is 3.11. The van der Waals surface area contributed by atoms with E-state index in [9.17, 15) is 4.79 Å². The summed E-state index contributed by atoms with van der Waals surface area (Å²) in [6.45, 7) is -0.124. The van der Waals surface area contributed by atoms with Crippen LogP contribution in [-0.4, -0.2) is 23.2 Å². The van der Waals surface area contributed by atoms with Crippen LogP contribution in [0.4, 0.5) is 0 Å². The van der Waals surface area contributed by atoms with Crippen molar-refractivity contribution >= 4 is 29.2 Å². The number of aromatic nitrogens is 2. The molecule has 3 aromatic rings.